The molecule has 0 saturated carbocycles. The zero-order chi connectivity index (χ0) is 14.1. The Bertz CT molecular complexity index is 678. The lowest BCUT2D eigenvalue weighted by Crippen LogP contribution is -2.26. The first-order valence-corrected chi connectivity index (χ1v) is 6.42. The minimum atomic E-state index is -0.397. The van der Waals surface area contributed by atoms with Crippen LogP contribution in [0.5, 0.6) is 0 Å². The fourth-order valence-electron chi connectivity index (χ4n) is 2.57. The minimum absolute atomic E-state index is 0.0708. The molecule has 5 heteroatoms. The molecule has 0 aliphatic carbocycles. The molecule has 102 valence electrons. The second kappa shape index (κ2) is 4.92. The molecule has 1 amide bonds. The monoisotopic (exact) mass is 270 g/mol. The lowest BCUT2D eigenvalue weighted by molar-refractivity contribution is -0.145. The average Bonchev–Trinajstić information content (AvgIpc) is 2.87. The highest BCUT2D eigenvalue weighted by molar-refractivity contribution is 6.05. The minimum Gasteiger partial charge on any atom is -0.469 e. The zero-order valence-corrected chi connectivity index (χ0v) is 11.1. The van der Waals surface area contributed by atoms with Gasteiger partial charge in [0.25, 0.3) is 0 Å². The van der Waals surface area contributed by atoms with Gasteiger partial charge in [-0.3, -0.25) is 14.6 Å². The third-order valence-electron chi connectivity index (χ3n) is 3.56. The van der Waals surface area contributed by atoms with Crippen molar-refractivity contribution < 1.29 is 14.3 Å². The Balaban J connectivity index is 2.00. The van der Waals surface area contributed by atoms with Gasteiger partial charge >= 0.3 is 5.97 Å². The van der Waals surface area contributed by atoms with E-state index in [0.717, 1.165) is 16.6 Å². The first-order valence-electron chi connectivity index (χ1n) is 6.42. The molecule has 5 nitrogen and oxygen atoms in total. The summed E-state index contributed by atoms with van der Waals surface area (Å²) in [6, 6.07) is 9.49. The van der Waals surface area contributed by atoms with Crippen molar-refractivity contribution in [3.63, 3.8) is 0 Å². The smallest absolute Gasteiger partial charge is 0.311 e. The molecule has 0 radical (unpaired) electrons. The van der Waals surface area contributed by atoms with Gasteiger partial charge in [0, 0.05) is 24.5 Å². The quantitative estimate of drug-likeness (QED) is 0.780. The topological polar surface area (TPSA) is 59.5 Å². The van der Waals surface area contributed by atoms with Crippen LogP contribution in [0.4, 0.5) is 5.69 Å². The maximum absolute atomic E-state index is 12.1. The SMILES string of the molecule is COC(=O)C1CC(=O)N(c2cccc3cccnc23)C1. The highest BCUT2D eigenvalue weighted by Gasteiger charge is 2.36. The molecule has 1 aliphatic rings. The molecule has 1 aliphatic heterocycles. The summed E-state index contributed by atoms with van der Waals surface area (Å²) in [5.74, 6) is -0.806. The fourth-order valence-corrected chi connectivity index (χ4v) is 2.57. The lowest BCUT2D eigenvalue weighted by Gasteiger charge is -2.17. The highest BCUT2D eigenvalue weighted by Crippen LogP contribution is 2.30. The molecule has 0 N–H and O–H groups in total. The molecule has 1 fully saturated rings. The molecule has 1 atom stereocenters. The largest absolute Gasteiger partial charge is 0.469 e. The average molecular weight is 270 g/mol. The molecule has 0 spiro atoms. The van der Waals surface area contributed by atoms with E-state index in [2.05, 4.69) is 4.98 Å². The number of nitrogens with zero attached hydrogens (tertiary/aromatic N) is 2. The van der Waals surface area contributed by atoms with Gasteiger partial charge in [0.1, 0.15) is 0 Å². The Kier molecular flexibility index (Phi) is 3.10. The number of esters is 1. The summed E-state index contributed by atoms with van der Waals surface area (Å²) in [7, 11) is 1.34. The van der Waals surface area contributed by atoms with Crippen LogP contribution in [0.3, 0.4) is 0 Å². The number of hydrogen-bond donors (Lipinski definition) is 0. The van der Waals surface area contributed by atoms with E-state index in [4.69, 9.17) is 4.74 Å². The molecular weight excluding hydrogens is 256 g/mol. The molecule has 1 aromatic carbocycles. The summed E-state index contributed by atoms with van der Waals surface area (Å²) < 4.78 is 4.72. The lowest BCUT2D eigenvalue weighted by atomic mass is 10.1. The van der Waals surface area contributed by atoms with Crippen LogP contribution < -0.4 is 4.90 Å². The molecule has 2 heterocycles. The number of benzene rings is 1. The Morgan fingerprint density at radius 3 is 2.95 bits per heavy atom. The van der Waals surface area contributed by atoms with Gasteiger partial charge in [0.2, 0.25) is 5.91 Å². The van der Waals surface area contributed by atoms with Gasteiger partial charge in [-0.1, -0.05) is 18.2 Å². The molecule has 20 heavy (non-hydrogen) atoms. The maximum Gasteiger partial charge on any atom is 0.311 e. The van der Waals surface area contributed by atoms with Crippen molar-refractivity contribution in [1.82, 2.24) is 4.98 Å². The summed E-state index contributed by atoms with van der Waals surface area (Å²) in [4.78, 5) is 29.7. The van der Waals surface area contributed by atoms with E-state index < -0.39 is 5.92 Å². The summed E-state index contributed by atoms with van der Waals surface area (Å²) in [5.41, 5.74) is 1.52. The Labute approximate surface area is 116 Å². The number of rotatable bonds is 2. The van der Waals surface area contributed by atoms with Crippen LogP contribution >= 0.6 is 0 Å². The van der Waals surface area contributed by atoms with Crippen molar-refractivity contribution >= 4 is 28.5 Å². The Morgan fingerprint density at radius 2 is 2.15 bits per heavy atom. The van der Waals surface area contributed by atoms with E-state index in [1.54, 1.807) is 11.1 Å². The summed E-state index contributed by atoms with van der Waals surface area (Å²) in [5, 5.41) is 0.972. The van der Waals surface area contributed by atoms with Gasteiger partial charge in [-0.2, -0.15) is 0 Å². The van der Waals surface area contributed by atoms with Gasteiger partial charge < -0.3 is 9.64 Å². The number of anilines is 1. The first-order chi connectivity index (χ1) is 9.70. The maximum atomic E-state index is 12.1. The number of pyridine rings is 1. The second-order valence-electron chi connectivity index (χ2n) is 4.78. The third-order valence-corrected chi connectivity index (χ3v) is 3.56. The van der Waals surface area contributed by atoms with Crippen molar-refractivity contribution in [3.8, 4) is 0 Å². The van der Waals surface area contributed by atoms with Crippen molar-refractivity contribution in [2.24, 2.45) is 5.92 Å². The predicted molar refractivity (Wildman–Crippen MR) is 74.2 cm³/mol. The van der Waals surface area contributed by atoms with Crippen molar-refractivity contribution in [2.75, 3.05) is 18.6 Å². The summed E-state index contributed by atoms with van der Waals surface area (Å²) >= 11 is 0. The number of carbonyl (C=O) groups excluding carboxylic acids is 2. The van der Waals surface area contributed by atoms with Crippen molar-refractivity contribution in [1.29, 1.82) is 0 Å². The standard InChI is InChI=1S/C15H14N2O3/c1-20-15(19)11-8-13(18)17(9-11)12-6-2-4-10-5-3-7-16-14(10)12/h2-7,11H,8-9H2,1H3. The van der Waals surface area contributed by atoms with Crippen LogP contribution in [0.25, 0.3) is 10.9 Å². The number of fused-ring (bicyclic) bond motifs is 1. The predicted octanol–water partition coefficient (Wildman–Crippen LogP) is 1.76. The van der Waals surface area contributed by atoms with Crippen LogP contribution in [-0.2, 0) is 14.3 Å². The summed E-state index contributed by atoms with van der Waals surface area (Å²) in [6.07, 6.45) is 1.89. The van der Waals surface area contributed by atoms with E-state index in [9.17, 15) is 9.59 Å². The van der Waals surface area contributed by atoms with Crippen molar-refractivity contribution in [3.05, 3.63) is 36.5 Å². The van der Waals surface area contributed by atoms with E-state index in [1.807, 2.05) is 30.3 Å². The molecular formula is C15H14N2O3. The van der Waals surface area contributed by atoms with E-state index >= 15 is 0 Å². The molecule has 1 unspecified atom stereocenters. The van der Waals surface area contributed by atoms with Crippen molar-refractivity contribution in [2.45, 2.75) is 6.42 Å². The first kappa shape index (κ1) is 12.6. The summed E-state index contributed by atoms with van der Waals surface area (Å²) in [6.45, 7) is 0.348. The molecule has 2 aromatic rings. The van der Waals surface area contributed by atoms with Gasteiger partial charge in [-0.25, -0.2) is 0 Å². The Hall–Kier alpha value is -2.43. The number of aromatic nitrogens is 1. The molecule has 1 aromatic heterocycles. The van der Waals surface area contributed by atoms with Crippen LogP contribution in [-0.4, -0.2) is 30.5 Å². The number of hydrogen-bond acceptors (Lipinski definition) is 4. The molecule has 1 saturated heterocycles. The van der Waals surface area contributed by atoms with E-state index in [-0.39, 0.29) is 18.3 Å². The normalized spacial score (nSPS) is 18.6. The van der Waals surface area contributed by atoms with Gasteiger partial charge in [-0.15, -0.1) is 0 Å². The fraction of sp³-hybridized carbons (Fsp3) is 0.267. The molecule has 3 rings (SSSR count). The number of amides is 1. The second-order valence-corrected chi connectivity index (χ2v) is 4.78. The van der Waals surface area contributed by atoms with Crippen LogP contribution in [0.2, 0.25) is 0 Å². The number of ether oxygens (including phenoxy) is 1. The van der Waals surface area contributed by atoms with Gasteiger partial charge in [0.15, 0.2) is 0 Å². The van der Waals surface area contributed by atoms with E-state index in [1.165, 1.54) is 7.11 Å². The van der Waals surface area contributed by atoms with Crippen LogP contribution in [0, 0.1) is 5.92 Å². The van der Waals surface area contributed by atoms with Gasteiger partial charge in [-0.05, 0) is 12.1 Å². The molecule has 0 bridgehead atoms. The highest BCUT2D eigenvalue weighted by atomic mass is 16.5. The Morgan fingerprint density at radius 1 is 1.35 bits per heavy atom. The van der Waals surface area contributed by atoms with Gasteiger partial charge in [0.05, 0.1) is 24.2 Å². The van der Waals surface area contributed by atoms with Crippen LogP contribution in [0.15, 0.2) is 36.5 Å². The van der Waals surface area contributed by atoms with E-state index in [0.29, 0.717) is 6.54 Å². The zero-order valence-electron chi connectivity index (χ0n) is 11.1. The number of carbonyl (C=O) groups is 2. The number of methoxy groups -OCH3 is 1. The third kappa shape index (κ3) is 2.01. The number of para-hydroxylation sites is 1. The van der Waals surface area contributed by atoms with Crippen LogP contribution in [0.1, 0.15) is 6.42 Å².